The van der Waals surface area contributed by atoms with Gasteiger partial charge in [0.1, 0.15) is 0 Å². The summed E-state index contributed by atoms with van der Waals surface area (Å²) in [6.07, 6.45) is 0. The summed E-state index contributed by atoms with van der Waals surface area (Å²) in [6, 6.07) is 80.6. The first kappa shape index (κ1) is 34.2. The molecule has 2 nitrogen and oxygen atoms in total. The van der Waals surface area contributed by atoms with Crippen LogP contribution in [0.1, 0.15) is 0 Å². The molecule has 0 atom stereocenters. The van der Waals surface area contributed by atoms with Crippen LogP contribution in [-0.2, 0) is 0 Å². The van der Waals surface area contributed by atoms with Crippen molar-refractivity contribution in [2.45, 2.75) is 0 Å². The molecule has 2 aromatic heterocycles. The predicted octanol–water partition coefficient (Wildman–Crippen LogP) is 16.9. The smallest absolute Gasteiger partial charge is 0.0555 e. The van der Waals surface area contributed by atoms with Crippen molar-refractivity contribution in [3.63, 3.8) is 0 Å². The van der Waals surface area contributed by atoms with Crippen molar-refractivity contribution in [3.05, 3.63) is 218 Å². The van der Waals surface area contributed by atoms with Crippen molar-refractivity contribution in [2.24, 2.45) is 0 Å². The molecular weight excluding hydrogens is 757 g/mol. The molecule has 0 N–H and O–H groups in total. The van der Waals surface area contributed by atoms with Crippen molar-refractivity contribution in [1.82, 2.24) is 4.57 Å². The van der Waals surface area contributed by atoms with Gasteiger partial charge in [-0.1, -0.05) is 170 Å². The second-order valence-corrected chi connectivity index (χ2v) is 17.1. The molecule has 61 heavy (non-hydrogen) atoms. The maximum atomic E-state index is 2.57. The number of rotatable bonds is 5. The zero-order valence-electron chi connectivity index (χ0n) is 33.1. The molecule has 284 valence electrons. The molecule has 0 spiro atoms. The molecule has 0 aliphatic heterocycles. The molecule has 13 rings (SSSR count). The molecule has 0 aliphatic carbocycles. The van der Waals surface area contributed by atoms with Gasteiger partial charge in [-0.3, -0.25) is 0 Å². The summed E-state index contributed by atoms with van der Waals surface area (Å²) in [4.78, 5) is 2.57. The fraction of sp³-hybridized carbons (Fsp3) is 0. The van der Waals surface area contributed by atoms with E-state index in [1.807, 2.05) is 11.3 Å². The van der Waals surface area contributed by atoms with Gasteiger partial charge in [0.25, 0.3) is 0 Å². The van der Waals surface area contributed by atoms with Gasteiger partial charge in [-0.25, -0.2) is 0 Å². The van der Waals surface area contributed by atoms with E-state index in [1.54, 1.807) is 0 Å². The maximum Gasteiger partial charge on any atom is 0.0555 e. The fourth-order valence-corrected chi connectivity index (χ4v) is 11.3. The van der Waals surface area contributed by atoms with Gasteiger partial charge in [-0.15, -0.1) is 11.3 Å². The van der Waals surface area contributed by atoms with Crippen molar-refractivity contribution < 1.29 is 0 Å². The van der Waals surface area contributed by atoms with Crippen LogP contribution in [0.15, 0.2) is 218 Å². The number of fused-ring (bicyclic) bond motifs is 12. The van der Waals surface area contributed by atoms with Gasteiger partial charge in [-0.05, 0) is 92.0 Å². The Bertz CT molecular complexity index is 3730. The minimum Gasteiger partial charge on any atom is -0.309 e. The Labute approximate surface area is 356 Å². The minimum absolute atomic E-state index is 1.15. The van der Waals surface area contributed by atoms with Gasteiger partial charge < -0.3 is 9.47 Å². The van der Waals surface area contributed by atoms with Crippen LogP contribution in [0.5, 0.6) is 0 Å². The molecule has 0 fully saturated rings. The van der Waals surface area contributed by atoms with E-state index in [9.17, 15) is 0 Å². The zero-order valence-corrected chi connectivity index (χ0v) is 33.9. The highest BCUT2D eigenvalue weighted by Gasteiger charge is 2.25. The normalized spacial score (nSPS) is 11.9. The molecule has 0 aliphatic rings. The first-order valence-electron chi connectivity index (χ1n) is 20.9. The SMILES string of the molecule is c1cc(-c2ccc(N(c3cc4ccccc4c4ccccc34)c3cc4ccccc4c4ccccc34)c3c2sc2ccccc23)cc(-n2c3ccccc3c3ccccc32)c1. The molecule has 0 unspecified atom stereocenters. The van der Waals surface area contributed by atoms with E-state index in [-0.39, 0.29) is 0 Å². The number of nitrogens with zero attached hydrogens (tertiary/aromatic N) is 2. The Morgan fingerprint density at radius 1 is 0.344 bits per heavy atom. The fourth-order valence-electron chi connectivity index (χ4n) is 10.1. The molecule has 0 saturated heterocycles. The second kappa shape index (κ2) is 13.4. The molecule has 13 aromatic rings. The standard InChI is InChI=1S/C58H36N2S/c1-3-20-41-38(16-1)35-54(46-24-7-5-22-44(41)46)60(55-36-39-17-2-4-21-42(39)45-23-6-8-25-47(45)55)53-33-32-43(58-57(53)50-28-11-14-31-56(50)61-58)37-18-15-19-40(34-37)59-51-29-12-9-26-48(51)49-27-10-13-30-52(49)59/h1-36H. The highest BCUT2D eigenvalue weighted by Crippen LogP contribution is 2.52. The highest BCUT2D eigenvalue weighted by molar-refractivity contribution is 7.26. The van der Waals surface area contributed by atoms with E-state index >= 15 is 0 Å². The van der Waals surface area contributed by atoms with Gasteiger partial charge in [-0.2, -0.15) is 0 Å². The number of para-hydroxylation sites is 2. The summed E-state index contributed by atoms with van der Waals surface area (Å²) in [5.74, 6) is 0. The first-order chi connectivity index (χ1) is 30.3. The van der Waals surface area contributed by atoms with E-state index in [0.29, 0.717) is 0 Å². The number of hydrogen-bond donors (Lipinski definition) is 0. The quantitative estimate of drug-likeness (QED) is 0.158. The molecule has 0 radical (unpaired) electrons. The van der Waals surface area contributed by atoms with E-state index in [1.165, 1.54) is 96.2 Å². The minimum atomic E-state index is 1.15. The van der Waals surface area contributed by atoms with Crippen LogP contribution in [0.4, 0.5) is 17.1 Å². The van der Waals surface area contributed by atoms with Crippen molar-refractivity contribution >= 4 is 113 Å². The molecule has 0 amide bonds. The Balaban J connectivity index is 1.13. The Kier molecular flexibility index (Phi) is 7.51. The van der Waals surface area contributed by atoms with Gasteiger partial charge in [0.05, 0.1) is 28.1 Å². The number of benzene rings is 11. The summed E-state index contributed by atoms with van der Waals surface area (Å²) in [5, 5.41) is 14.9. The van der Waals surface area contributed by atoms with Crippen molar-refractivity contribution in [2.75, 3.05) is 4.90 Å². The Hall–Kier alpha value is -7.72. The van der Waals surface area contributed by atoms with Crippen LogP contribution >= 0.6 is 11.3 Å². The number of anilines is 3. The summed E-state index contributed by atoms with van der Waals surface area (Å²) >= 11 is 1.89. The summed E-state index contributed by atoms with van der Waals surface area (Å²) in [6.45, 7) is 0. The van der Waals surface area contributed by atoms with Crippen molar-refractivity contribution in [1.29, 1.82) is 0 Å². The second-order valence-electron chi connectivity index (χ2n) is 16.0. The third kappa shape index (κ3) is 5.14. The number of aromatic nitrogens is 1. The van der Waals surface area contributed by atoms with Gasteiger partial charge in [0, 0.05) is 47.4 Å². The monoisotopic (exact) mass is 792 g/mol. The molecule has 2 heterocycles. The lowest BCUT2D eigenvalue weighted by molar-refractivity contribution is 1.18. The van der Waals surface area contributed by atoms with E-state index in [4.69, 9.17) is 0 Å². The van der Waals surface area contributed by atoms with Crippen LogP contribution in [0, 0.1) is 0 Å². The zero-order chi connectivity index (χ0) is 40.0. The van der Waals surface area contributed by atoms with Crippen LogP contribution in [0.3, 0.4) is 0 Å². The van der Waals surface area contributed by atoms with Crippen LogP contribution in [-0.4, -0.2) is 4.57 Å². The molecule has 0 saturated carbocycles. The van der Waals surface area contributed by atoms with Crippen LogP contribution in [0.25, 0.3) is 102 Å². The third-order valence-electron chi connectivity index (χ3n) is 12.7. The molecule has 11 aromatic carbocycles. The summed E-state index contributed by atoms with van der Waals surface area (Å²) in [7, 11) is 0. The maximum absolute atomic E-state index is 2.57. The summed E-state index contributed by atoms with van der Waals surface area (Å²) < 4.78 is 4.97. The average Bonchev–Trinajstić information content (AvgIpc) is 3.89. The average molecular weight is 793 g/mol. The van der Waals surface area contributed by atoms with Gasteiger partial charge in [0.15, 0.2) is 0 Å². The molecular formula is C58H36N2S. The Morgan fingerprint density at radius 2 is 0.836 bits per heavy atom. The van der Waals surface area contributed by atoms with E-state index in [0.717, 1.165) is 22.7 Å². The lowest BCUT2D eigenvalue weighted by Gasteiger charge is -2.30. The van der Waals surface area contributed by atoms with Gasteiger partial charge >= 0.3 is 0 Å². The topological polar surface area (TPSA) is 8.17 Å². The molecule has 3 heteroatoms. The highest BCUT2D eigenvalue weighted by atomic mass is 32.1. The number of hydrogen-bond acceptors (Lipinski definition) is 2. The van der Waals surface area contributed by atoms with Crippen LogP contribution < -0.4 is 4.90 Å². The lowest BCUT2D eigenvalue weighted by atomic mass is 9.95. The number of thiophene rings is 1. The van der Waals surface area contributed by atoms with Crippen molar-refractivity contribution in [3.8, 4) is 16.8 Å². The largest absolute Gasteiger partial charge is 0.309 e. The van der Waals surface area contributed by atoms with Gasteiger partial charge in [0.2, 0.25) is 0 Å². The van der Waals surface area contributed by atoms with E-state index in [2.05, 4.69) is 228 Å². The third-order valence-corrected chi connectivity index (χ3v) is 13.9. The first-order valence-corrected chi connectivity index (χ1v) is 21.7. The molecule has 0 bridgehead atoms. The lowest BCUT2D eigenvalue weighted by Crippen LogP contribution is -2.12. The Morgan fingerprint density at radius 3 is 1.44 bits per heavy atom. The van der Waals surface area contributed by atoms with E-state index < -0.39 is 0 Å². The van der Waals surface area contributed by atoms with Crippen LogP contribution in [0.2, 0.25) is 0 Å². The summed E-state index contributed by atoms with van der Waals surface area (Å²) in [5.41, 5.74) is 9.49. The predicted molar refractivity (Wildman–Crippen MR) is 264 cm³/mol.